The molecule has 1 saturated carbocycles. The van der Waals surface area contributed by atoms with Crippen molar-refractivity contribution in [2.45, 2.75) is 47.3 Å². The van der Waals surface area contributed by atoms with E-state index in [-0.39, 0.29) is 29.1 Å². The number of halogens is 3. The van der Waals surface area contributed by atoms with E-state index in [1.54, 1.807) is 12.1 Å². The first kappa shape index (κ1) is 31.9. The number of thioether (sulfide) groups is 1. The molecule has 0 radical (unpaired) electrons. The van der Waals surface area contributed by atoms with Crippen LogP contribution in [0.5, 0.6) is 0 Å². The molecule has 2 aromatic rings. The summed E-state index contributed by atoms with van der Waals surface area (Å²) in [5.41, 5.74) is -1.28. The normalized spacial score (nSPS) is 20.1. The Balaban J connectivity index is 1.70. The van der Waals surface area contributed by atoms with Crippen LogP contribution in [0.25, 0.3) is 0 Å². The van der Waals surface area contributed by atoms with Crippen LogP contribution in [0.2, 0.25) is 0 Å². The van der Waals surface area contributed by atoms with Gasteiger partial charge in [-0.3, -0.25) is 9.59 Å². The first-order valence-electron chi connectivity index (χ1n) is 12.2. The first-order valence-corrected chi connectivity index (χ1v) is 16.9. The van der Waals surface area contributed by atoms with Gasteiger partial charge in [0.05, 0.1) is 29.0 Å². The lowest BCUT2D eigenvalue weighted by molar-refractivity contribution is -0.137. The summed E-state index contributed by atoms with van der Waals surface area (Å²) < 4.78 is 91.3. The number of nitrogens with one attached hydrogen (secondary N) is 3. The predicted molar refractivity (Wildman–Crippen MR) is 145 cm³/mol. The van der Waals surface area contributed by atoms with Gasteiger partial charge < -0.3 is 10.6 Å². The van der Waals surface area contributed by atoms with Crippen molar-refractivity contribution in [2.24, 2.45) is 5.92 Å². The Kier molecular flexibility index (Phi) is 10.3. The quantitative estimate of drug-likeness (QED) is 0.347. The maximum absolute atomic E-state index is 13.2. The standard InChI is InChI=1S/C25H30F3N3O6S3/c1-38-20-7-9-21(10-8-20)40(36,37)15-17-13-19(31-39(2,34)35)6-11-22(17)30-23(32)14-29-24(33)16-4-3-5-18(12-16)25(26,27)28/h3-5,7-10,12,17,19,22,31H,6,11,13-15H2,1-2H3,(H,29,33)(H,30,32). The van der Waals surface area contributed by atoms with Gasteiger partial charge in [-0.2, -0.15) is 13.2 Å². The zero-order valence-electron chi connectivity index (χ0n) is 21.7. The van der Waals surface area contributed by atoms with E-state index in [0.29, 0.717) is 12.5 Å². The number of hydrogen-bond donors (Lipinski definition) is 3. The minimum Gasteiger partial charge on any atom is -0.352 e. The molecular formula is C25H30F3N3O6S3. The lowest BCUT2D eigenvalue weighted by Crippen LogP contribution is -2.52. The number of alkyl halides is 3. The molecule has 220 valence electrons. The molecule has 3 unspecified atom stereocenters. The van der Waals surface area contributed by atoms with Crippen LogP contribution in [-0.2, 0) is 30.8 Å². The Morgan fingerprint density at radius 1 is 1.02 bits per heavy atom. The second-order valence-electron chi connectivity index (χ2n) is 9.55. The van der Waals surface area contributed by atoms with Crippen LogP contribution in [0.1, 0.15) is 35.2 Å². The van der Waals surface area contributed by atoms with Gasteiger partial charge in [0, 0.05) is 22.5 Å². The van der Waals surface area contributed by atoms with E-state index in [0.717, 1.165) is 23.3 Å². The lowest BCUT2D eigenvalue weighted by Gasteiger charge is -2.36. The van der Waals surface area contributed by atoms with Gasteiger partial charge in [0.2, 0.25) is 15.9 Å². The molecule has 2 aromatic carbocycles. The molecule has 1 aliphatic rings. The zero-order valence-corrected chi connectivity index (χ0v) is 24.1. The number of rotatable bonds is 10. The number of hydrogen-bond acceptors (Lipinski definition) is 7. The molecule has 15 heteroatoms. The SMILES string of the molecule is CSc1ccc(S(=O)(=O)CC2CC(NS(C)(=O)=O)CCC2NC(=O)CNC(=O)c2cccc(C(F)(F)F)c2)cc1. The van der Waals surface area contributed by atoms with Gasteiger partial charge in [-0.1, -0.05) is 6.07 Å². The van der Waals surface area contributed by atoms with Gasteiger partial charge in [-0.05, 0) is 73.9 Å². The molecule has 9 nitrogen and oxygen atoms in total. The lowest BCUT2D eigenvalue weighted by atomic mass is 9.83. The van der Waals surface area contributed by atoms with E-state index in [1.807, 2.05) is 6.26 Å². The average Bonchev–Trinajstić information content (AvgIpc) is 2.87. The molecule has 0 bridgehead atoms. The van der Waals surface area contributed by atoms with Crippen molar-refractivity contribution in [2.75, 3.05) is 24.8 Å². The zero-order chi connectivity index (χ0) is 29.7. The molecule has 3 atom stereocenters. The minimum atomic E-state index is -4.63. The molecule has 1 aliphatic carbocycles. The highest BCUT2D eigenvalue weighted by Crippen LogP contribution is 2.30. The van der Waals surface area contributed by atoms with Gasteiger partial charge >= 0.3 is 6.18 Å². The molecule has 1 fully saturated rings. The van der Waals surface area contributed by atoms with Crippen LogP contribution in [0.4, 0.5) is 13.2 Å². The molecule has 0 spiro atoms. The van der Waals surface area contributed by atoms with Crippen molar-refractivity contribution >= 4 is 43.4 Å². The summed E-state index contributed by atoms with van der Waals surface area (Å²) in [7, 11) is -7.35. The Labute approximate surface area is 235 Å². The van der Waals surface area contributed by atoms with Gasteiger partial charge in [-0.25, -0.2) is 21.6 Å². The fourth-order valence-corrected chi connectivity index (χ4v) is 7.47. The summed E-state index contributed by atoms with van der Waals surface area (Å²) >= 11 is 1.46. The topological polar surface area (TPSA) is 139 Å². The van der Waals surface area contributed by atoms with Crippen LogP contribution >= 0.6 is 11.8 Å². The molecule has 40 heavy (non-hydrogen) atoms. The Bertz CT molecular complexity index is 1430. The van der Waals surface area contributed by atoms with Crippen molar-refractivity contribution in [1.82, 2.24) is 15.4 Å². The van der Waals surface area contributed by atoms with Gasteiger partial charge in [0.15, 0.2) is 9.84 Å². The van der Waals surface area contributed by atoms with Crippen LogP contribution in [0.3, 0.4) is 0 Å². The largest absolute Gasteiger partial charge is 0.416 e. The summed E-state index contributed by atoms with van der Waals surface area (Å²) in [5, 5.41) is 4.98. The number of amides is 2. The number of carbonyl (C=O) groups excluding carboxylic acids is 2. The second-order valence-corrected chi connectivity index (χ2v) is 14.2. The molecule has 0 heterocycles. The fraction of sp³-hybridized carbons (Fsp3) is 0.440. The van der Waals surface area contributed by atoms with Crippen molar-refractivity contribution in [1.29, 1.82) is 0 Å². The van der Waals surface area contributed by atoms with E-state index < -0.39 is 68.0 Å². The number of sulfonamides is 1. The third-order valence-electron chi connectivity index (χ3n) is 6.42. The number of benzene rings is 2. The smallest absolute Gasteiger partial charge is 0.352 e. The van der Waals surface area contributed by atoms with Gasteiger partial charge in [-0.15, -0.1) is 11.8 Å². The monoisotopic (exact) mass is 621 g/mol. The molecule has 3 rings (SSSR count). The Morgan fingerprint density at radius 2 is 1.70 bits per heavy atom. The molecular weight excluding hydrogens is 591 g/mol. The van der Waals surface area contributed by atoms with Crippen molar-refractivity contribution in [3.63, 3.8) is 0 Å². The highest BCUT2D eigenvalue weighted by molar-refractivity contribution is 7.98. The molecule has 0 saturated heterocycles. The van der Waals surface area contributed by atoms with Crippen molar-refractivity contribution in [3.8, 4) is 0 Å². The molecule has 0 aromatic heterocycles. The fourth-order valence-electron chi connectivity index (χ4n) is 4.57. The summed E-state index contributed by atoms with van der Waals surface area (Å²) in [6, 6.07) is 8.95. The van der Waals surface area contributed by atoms with Crippen LogP contribution in [0.15, 0.2) is 58.3 Å². The first-order chi connectivity index (χ1) is 18.6. The molecule has 3 N–H and O–H groups in total. The molecule has 2 amide bonds. The number of carbonyl (C=O) groups is 2. The minimum absolute atomic E-state index is 0.0990. The maximum atomic E-state index is 13.2. The molecule has 0 aliphatic heterocycles. The summed E-state index contributed by atoms with van der Waals surface area (Å²) in [6.45, 7) is -0.549. The van der Waals surface area contributed by atoms with Crippen LogP contribution < -0.4 is 15.4 Å². The third-order valence-corrected chi connectivity index (χ3v) is 9.79. The Hall–Kier alpha value is -2.62. The van der Waals surface area contributed by atoms with E-state index in [1.165, 1.54) is 30.0 Å². The second kappa shape index (κ2) is 12.9. The highest BCUT2D eigenvalue weighted by atomic mass is 32.2. The summed E-state index contributed by atoms with van der Waals surface area (Å²) in [5.74, 6) is -2.54. The van der Waals surface area contributed by atoms with E-state index in [9.17, 15) is 39.6 Å². The average molecular weight is 622 g/mol. The number of sulfone groups is 1. The maximum Gasteiger partial charge on any atom is 0.416 e. The van der Waals surface area contributed by atoms with Crippen LogP contribution in [0, 0.1) is 5.92 Å². The summed E-state index contributed by atoms with van der Waals surface area (Å²) in [4.78, 5) is 26.0. The van der Waals surface area contributed by atoms with Crippen molar-refractivity contribution < 1.29 is 39.6 Å². The van der Waals surface area contributed by atoms with E-state index in [4.69, 9.17) is 0 Å². The van der Waals surface area contributed by atoms with Gasteiger partial charge in [0.25, 0.3) is 5.91 Å². The van der Waals surface area contributed by atoms with Gasteiger partial charge in [0.1, 0.15) is 0 Å². The van der Waals surface area contributed by atoms with Crippen molar-refractivity contribution in [3.05, 3.63) is 59.7 Å². The van der Waals surface area contributed by atoms with Crippen LogP contribution in [-0.4, -0.2) is 65.5 Å². The Morgan fingerprint density at radius 3 is 2.30 bits per heavy atom. The third kappa shape index (κ3) is 9.21. The highest BCUT2D eigenvalue weighted by Gasteiger charge is 2.36. The van der Waals surface area contributed by atoms with E-state index in [2.05, 4.69) is 15.4 Å². The summed E-state index contributed by atoms with van der Waals surface area (Å²) in [6.07, 6.45) is -1.01. The van der Waals surface area contributed by atoms with E-state index >= 15 is 0 Å². The predicted octanol–water partition coefficient (Wildman–Crippen LogP) is 2.83.